The largest absolute Gasteiger partial charge is 0.493 e. The molecule has 3 rings (SSSR count). The molecule has 0 saturated carbocycles. The van der Waals surface area contributed by atoms with Gasteiger partial charge in [0.15, 0.2) is 0 Å². The quantitative estimate of drug-likeness (QED) is 0.715. The Kier molecular flexibility index (Phi) is 5.46. The van der Waals surface area contributed by atoms with Gasteiger partial charge in [0.1, 0.15) is 5.75 Å². The fourth-order valence-corrected chi connectivity index (χ4v) is 2.57. The third-order valence-electron chi connectivity index (χ3n) is 3.80. The van der Waals surface area contributed by atoms with Gasteiger partial charge in [-0.05, 0) is 31.0 Å². The molecule has 0 bridgehead atoms. The van der Waals surface area contributed by atoms with Gasteiger partial charge in [0, 0.05) is 12.7 Å². The molecule has 1 aromatic heterocycles. The van der Waals surface area contributed by atoms with Crippen LogP contribution in [0.5, 0.6) is 5.75 Å². The summed E-state index contributed by atoms with van der Waals surface area (Å²) < 4.78 is 7.34. The lowest BCUT2D eigenvalue weighted by molar-refractivity contribution is 0.102. The smallest absolute Gasteiger partial charge is 0.259 e. The van der Waals surface area contributed by atoms with E-state index >= 15 is 0 Å². The Morgan fingerprint density at radius 3 is 2.68 bits per heavy atom. The number of nitrogens with zero attached hydrogens (tertiary/aromatic N) is 2. The maximum Gasteiger partial charge on any atom is 0.259 e. The van der Waals surface area contributed by atoms with Gasteiger partial charge in [0.05, 0.1) is 24.1 Å². The van der Waals surface area contributed by atoms with Crippen LogP contribution in [0.2, 0.25) is 0 Å². The number of ether oxygens (including phenoxy) is 1. The molecule has 0 atom stereocenters. The van der Waals surface area contributed by atoms with Crippen LogP contribution in [0.3, 0.4) is 0 Å². The average Bonchev–Trinajstić information content (AvgIpc) is 3.09. The molecular weight excluding hydrogens is 314 g/mol. The lowest BCUT2D eigenvalue weighted by atomic mass is 10.1. The standard InChI is InChI=1S/C20H21N3O2/c1-2-25-19-11-7-6-10-18(19)20(24)22-17-14-21-23(15-17)13-12-16-8-4-3-5-9-16/h3-11,14-15H,2,12-13H2,1H3,(H,22,24). The van der Waals surface area contributed by atoms with E-state index in [4.69, 9.17) is 4.74 Å². The zero-order chi connectivity index (χ0) is 17.5. The number of rotatable bonds is 7. The highest BCUT2D eigenvalue weighted by atomic mass is 16.5. The van der Waals surface area contributed by atoms with Crippen molar-refractivity contribution in [2.75, 3.05) is 11.9 Å². The molecule has 2 aromatic carbocycles. The zero-order valence-corrected chi connectivity index (χ0v) is 14.2. The number of hydrogen-bond acceptors (Lipinski definition) is 3. The van der Waals surface area contributed by atoms with E-state index in [1.807, 2.05) is 48.1 Å². The topological polar surface area (TPSA) is 56.1 Å². The summed E-state index contributed by atoms with van der Waals surface area (Å²) in [6, 6.07) is 17.5. The molecular formula is C20H21N3O2. The number of aromatic nitrogens is 2. The predicted molar refractivity (Wildman–Crippen MR) is 97.9 cm³/mol. The van der Waals surface area contributed by atoms with E-state index in [2.05, 4.69) is 22.5 Å². The molecule has 1 amide bonds. The number of nitrogens with one attached hydrogen (secondary N) is 1. The minimum absolute atomic E-state index is 0.202. The van der Waals surface area contributed by atoms with E-state index in [-0.39, 0.29) is 5.91 Å². The van der Waals surface area contributed by atoms with E-state index < -0.39 is 0 Å². The lowest BCUT2D eigenvalue weighted by Crippen LogP contribution is -2.13. The highest BCUT2D eigenvalue weighted by molar-refractivity contribution is 6.06. The predicted octanol–water partition coefficient (Wildman–Crippen LogP) is 3.78. The number of benzene rings is 2. The van der Waals surface area contributed by atoms with Crippen molar-refractivity contribution in [2.45, 2.75) is 19.9 Å². The van der Waals surface area contributed by atoms with Crippen LogP contribution in [-0.4, -0.2) is 22.3 Å². The molecule has 0 unspecified atom stereocenters. The molecule has 0 radical (unpaired) electrons. The number of aryl methyl sites for hydroxylation is 2. The second-order valence-corrected chi connectivity index (χ2v) is 5.61. The van der Waals surface area contributed by atoms with Crippen molar-refractivity contribution in [3.8, 4) is 5.75 Å². The van der Waals surface area contributed by atoms with E-state index in [9.17, 15) is 4.79 Å². The lowest BCUT2D eigenvalue weighted by Gasteiger charge is -2.09. The molecule has 128 valence electrons. The fraction of sp³-hybridized carbons (Fsp3) is 0.200. The van der Waals surface area contributed by atoms with Gasteiger partial charge < -0.3 is 10.1 Å². The van der Waals surface area contributed by atoms with Gasteiger partial charge in [-0.3, -0.25) is 9.48 Å². The third-order valence-corrected chi connectivity index (χ3v) is 3.80. The Morgan fingerprint density at radius 2 is 1.88 bits per heavy atom. The zero-order valence-electron chi connectivity index (χ0n) is 14.2. The van der Waals surface area contributed by atoms with Crippen LogP contribution in [0.1, 0.15) is 22.8 Å². The van der Waals surface area contributed by atoms with Crippen molar-refractivity contribution in [1.29, 1.82) is 0 Å². The van der Waals surface area contributed by atoms with Crippen LogP contribution in [-0.2, 0) is 13.0 Å². The van der Waals surface area contributed by atoms with Crippen molar-refractivity contribution < 1.29 is 9.53 Å². The van der Waals surface area contributed by atoms with Gasteiger partial charge in [-0.1, -0.05) is 42.5 Å². The van der Waals surface area contributed by atoms with Crippen LogP contribution in [0.15, 0.2) is 67.0 Å². The van der Waals surface area contributed by atoms with Crippen LogP contribution in [0, 0.1) is 0 Å². The Morgan fingerprint density at radius 1 is 1.12 bits per heavy atom. The molecule has 1 N–H and O–H groups in total. The molecule has 0 aliphatic carbocycles. The van der Waals surface area contributed by atoms with Crippen molar-refractivity contribution in [2.24, 2.45) is 0 Å². The first-order chi connectivity index (χ1) is 12.3. The van der Waals surface area contributed by atoms with Gasteiger partial charge in [-0.25, -0.2) is 0 Å². The minimum atomic E-state index is -0.202. The summed E-state index contributed by atoms with van der Waals surface area (Å²) in [5, 5.41) is 7.18. The summed E-state index contributed by atoms with van der Waals surface area (Å²) in [4.78, 5) is 12.5. The van der Waals surface area contributed by atoms with Gasteiger partial charge in [0.2, 0.25) is 0 Å². The molecule has 5 nitrogen and oxygen atoms in total. The number of hydrogen-bond donors (Lipinski definition) is 1. The monoisotopic (exact) mass is 335 g/mol. The Bertz CT molecular complexity index is 828. The normalized spacial score (nSPS) is 10.4. The first kappa shape index (κ1) is 16.8. The summed E-state index contributed by atoms with van der Waals surface area (Å²) in [7, 11) is 0. The summed E-state index contributed by atoms with van der Waals surface area (Å²) in [6.45, 7) is 3.17. The molecule has 0 spiro atoms. The number of para-hydroxylation sites is 1. The van der Waals surface area contributed by atoms with Crippen LogP contribution in [0.25, 0.3) is 0 Å². The van der Waals surface area contributed by atoms with Crippen LogP contribution in [0.4, 0.5) is 5.69 Å². The molecule has 0 saturated heterocycles. The fourth-order valence-electron chi connectivity index (χ4n) is 2.57. The Balaban J connectivity index is 1.62. The minimum Gasteiger partial charge on any atom is -0.493 e. The summed E-state index contributed by atoms with van der Waals surface area (Å²) in [5.74, 6) is 0.380. The van der Waals surface area contributed by atoms with Crippen molar-refractivity contribution >= 4 is 11.6 Å². The van der Waals surface area contributed by atoms with Crippen molar-refractivity contribution in [3.63, 3.8) is 0 Å². The Hall–Kier alpha value is -3.08. The molecule has 1 heterocycles. The molecule has 0 aliphatic heterocycles. The highest BCUT2D eigenvalue weighted by Crippen LogP contribution is 2.19. The van der Waals surface area contributed by atoms with Crippen molar-refractivity contribution in [3.05, 3.63) is 78.1 Å². The van der Waals surface area contributed by atoms with Gasteiger partial charge in [-0.15, -0.1) is 0 Å². The summed E-state index contributed by atoms with van der Waals surface area (Å²) in [5.41, 5.74) is 2.44. The van der Waals surface area contributed by atoms with Gasteiger partial charge in [-0.2, -0.15) is 5.10 Å². The van der Waals surface area contributed by atoms with E-state index in [0.717, 1.165) is 13.0 Å². The SMILES string of the molecule is CCOc1ccccc1C(=O)Nc1cnn(CCc2ccccc2)c1. The van der Waals surface area contributed by atoms with Gasteiger partial charge >= 0.3 is 0 Å². The van der Waals surface area contributed by atoms with Gasteiger partial charge in [0.25, 0.3) is 5.91 Å². The van der Waals surface area contributed by atoms with E-state index in [1.54, 1.807) is 18.3 Å². The summed E-state index contributed by atoms with van der Waals surface area (Å²) >= 11 is 0. The van der Waals surface area contributed by atoms with Crippen LogP contribution < -0.4 is 10.1 Å². The molecule has 5 heteroatoms. The second kappa shape index (κ2) is 8.15. The van der Waals surface area contributed by atoms with E-state index in [0.29, 0.717) is 23.6 Å². The number of carbonyl (C=O) groups excluding carboxylic acids is 1. The number of anilines is 1. The molecule has 25 heavy (non-hydrogen) atoms. The van der Waals surface area contributed by atoms with Crippen LogP contribution >= 0.6 is 0 Å². The van der Waals surface area contributed by atoms with Crippen molar-refractivity contribution in [1.82, 2.24) is 9.78 Å². The maximum atomic E-state index is 12.5. The van der Waals surface area contributed by atoms with E-state index in [1.165, 1.54) is 5.56 Å². The third kappa shape index (κ3) is 4.47. The first-order valence-electron chi connectivity index (χ1n) is 8.36. The molecule has 3 aromatic rings. The average molecular weight is 335 g/mol. The first-order valence-corrected chi connectivity index (χ1v) is 8.36. The summed E-state index contributed by atoms with van der Waals surface area (Å²) in [6.07, 6.45) is 4.39. The maximum absolute atomic E-state index is 12.5. The highest BCUT2D eigenvalue weighted by Gasteiger charge is 2.12. The molecule has 0 aliphatic rings. The Labute approximate surface area is 147 Å². The molecule has 0 fully saturated rings. The second-order valence-electron chi connectivity index (χ2n) is 5.61. The number of amides is 1. The number of carbonyl (C=O) groups is 1.